The minimum atomic E-state index is -0.989. The number of carbonyl (C=O) groups is 1. The molecule has 1 aromatic carbocycles. The van der Waals surface area contributed by atoms with Gasteiger partial charge in [-0.05, 0) is 24.5 Å². The van der Waals surface area contributed by atoms with Gasteiger partial charge in [0.25, 0.3) is 0 Å². The number of hydrogen-bond donors (Lipinski definition) is 1. The Morgan fingerprint density at radius 3 is 3.06 bits per heavy atom. The van der Waals surface area contributed by atoms with Crippen LogP contribution in [0.25, 0.3) is 0 Å². The molecule has 0 spiro atoms. The largest absolute Gasteiger partial charge is 0.390 e. The highest BCUT2D eigenvalue weighted by Gasteiger charge is 2.29. The number of benzene rings is 1. The van der Waals surface area contributed by atoms with E-state index in [-0.39, 0.29) is 12.5 Å². The van der Waals surface area contributed by atoms with Gasteiger partial charge < -0.3 is 14.6 Å². The summed E-state index contributed by atoms with van der Waals surface area (Å²) in [5.41, 5.74) is 1.44. The van der Waals surface area contributed by atoms with Gasteiger partial charge in [-0.2, -0.15) is 0 Å². The Kier molecular flexibility index (Phi) is 3.60. The summed E-state index contributed by atoms with van der Waals surface area (Å²) < 4.78 is 5.71. The second kappa shape index (κ2) is 4.98. The summed E-state index contributed by atoms with van der Waals surface area (Å²) in [5, 5.41) is 10.1. The molecule has 92 valence electrons. The van der Waals surface area contributed by atoms with Crippen LogP contribution in [-0.4, -0.2) is 23.6 Å². The molecule has 0 aliphatic carbocycles. The fraction of sp³-hybridized carbons (Fsp3) is 0.500. The van der Waals surface area contributed by atoms with Crippen LogP contribution in [0, 0.1) is 0 Å². The van der Waals surface area contributed by atoms with Gasteiger partial charge in [0, 0.05) is 12.8 Å². The zero-order valence-corrected chi connectivity index (χ0v) is 10.1. The molecule has 1 aromatic rings. The number of ether oxygens (including phenoxy) is 1. The smallest absolute Gasteiger partial charge is 0.122 e. The first-order valence-electron chi connectivity index (χ1n) is 5.98. The lowest BCUT2D eigenvalue weighted by atomic mass is 9.88. The lowest BCUT2D eigenvalue weighted by Gasteiger charge is -2.31. The average Bonchev–Trinajstić information content (AvgIpc) is 2.29. The SMILES string of the molecule is CC(O)(CC=O)CC1OCCc2ccccc21. The summed E-state index contributed by atoms with van der Waals surface area (Å²) in [6.45, 7) is 2.36. The molecule has 1 N–H and O–H groups in total. The predicted octanol–water partition coefficient (Wildman–Crippen LogP) is 2.03. The van der Waals surface area contributed by atoms with Crippen LogP contribution in [0.5, 0.6) is 0 Å². The van der Waals surface area contributed by atoms with Crippen molar-refractivity contribution in [2.75, 3.05) is 6.61 Å². The van der Waals surface area contributed by atoms with Crippen molar-refractivity contribution in [3.05, 3.63) is 35.4 Å². The van der Waals surface area contributed by atoms with Crippen LogP contribution in [-0.2, 0) is 16.0 Å². The minimum Gasteiger partial charge on any atom is -0.390 e. The quantitative estimate of drug-likeness (QED) is 0.811. The minimum absolute atomic E-state index is 0.102. The highest BCUT2D eigenvalue weighted by atomic mass is 16.5. The Morgan fingerprint density at radius 1 is 1.53 bits per heavy atom. The summed E-state index contributed by atoms with van der Waals surface area (Å²) in [5.74, 6) is 0. The number of fused-ring (bicyclic) bond motifs is 1. The molecule has 3 heteroatoms. The molecule has 0 aromatic heterocycles. The van der Waals surface area contributed by atoms with Crippen LogP contribution in [0.4, 0.5) is 0 Å². The van der Waals surface area contributed by atoms with E-state index < -0.39 is 5.60 Å². The summed E-state index contributed by atoms with van der Waals surface area (Å²) in [6.07, 6.45) is 2.18. The van der Waals surface area contributed by atoms with E-state index >= 15 is 0 Å². The van der Waals surface area contributed by atoms with Gasteiger partial charge >= 0.3 is 0 Å². The lowest BCUT2D eigenvalue weighted by Crippen LogP contribution is -2.30. The van der Waals surface area contributed by atoms with E-state index in [0.717, 1.165) is 18.3 Å². The molecule has 2 atom stereocenters. The van der Waals surface area contributed by atoms with Crippen LogP contribution < -0.4 is 0 Å². The first-order valence-corrected chi connectivity index (χ1v) is 5.98. The number of aldehydes is 1. The molecule has 1 heterocycles. The normalized spacial score (nSPS) is 22.6. The Balaban J connectivity index is 2.16. The number of hydrogen-bond acceptors (Lipinski definition) is 3. The van der Waals surface area contributed by atoms with E-state index in [2.05, 4.69) is 6.07 Å². The van der Waals surface area contributed by atoms with Gasteiger partial charge in [-0.1, -0.05) is 24.3 Å². The molecule has 0 fully saturated rings. The van der Waals surface area contributed by atoms with Crippen molar-refractivity contribution in [1.82, 2.24) is 0 Å². The maximum absolute atomic E-state index is 10.5. The average molecular weight is 234 g/mol. The third-order valence-corrected chi connectivity index (χ3v) is 3.24. The van der Waals surface area contributed by atoms with Gasteiger partial charge in [0.15, 0.2) is 0 Å². The number of carbonyl (C=O) groups excluding carboxylic acids is 1. The highest BCUT2D eigenvalue weighted by Crippen LogP contribution is 2.33. The van der Waals surface area contributed by atoms with Crippen LogP contribution >= 0.6 is 0 Å². The Labute approximate surface area is 101 Å². The Bertz CT molecular complexity index is 398. The van der Waals surface area contributed by atoms with Crippen LogP contribution in [0.1, 0.15) is 37.0 Å². The number of aliphatic hydroxyl groups is 1. The molecular formula is C14H18O3. The first kappa shape index (κ1) is 12.3. The molecule has 0 saturated heterocycles. The first-order chi connectivity index (χ1) is 8.12. The third-order valence-electron chi connectivity index (χ3n) is 3.24. The van der Waals surface area contributed by atoms with Gasteiger partial charge in [-0.3, -0.25) is 0 Å². The lowest BCUT2D eigenvalue weighted by molar-refractivity contribution is -0.113. The van der Waals surface area contributed by atoms with E-state index in [1.807, 2.05) is 18.2 Å². The maximum atomic E-state index is 10.5. The zero-order chi connectivity index (χ0) is 12.3. The monoisotopic (exact) mass is 234 g/mol. The van der Waals surface area contributed by atoms with Gasteiger partial charge in [-0.15, -0.1) is 0 Å². The predicted molar refractivity (Wildman–Crippen MR) is 64.8 cm³/mol. The second-order valence-corrected chi connectivity index (χ2v) is 4.88. The van der Waals surface area contributed by atoms with Gasteiger partial charge in [0.1, 0.15) is 6.29 Å². The Morgan fingerprint density at radius 2 is 2.29 bits per heavy atom. The third kappa shape index (κ3) is 2.93. The van der Waals surface area contributed by atoms with Crippen molar-refractivity contribution in [2.45, 2.75) is 37.9 Å². The van der Waals surface area contributed by atoms with Crippen molar-refractivity contribution in [3.8, 4) is 0 Å². The van der Waals surface area contributed by atoms with Crippen molar-refractivity contribution < 1.29 is 14.6 Å². The molecule has 0 radical (unpaired) electrons. The van der Waals surface area contributed by atoms with Crippen LogP contribution in [0.3, 0.4) is 0 Å². The fourth-order valence-corrected chi connectivity index (χ4v) is 2.31. The molecule has 0 saturated carbocycles. The van der Waals surface area contributed by atoms with Crippen LogP contribution in [0.2, 0.25) is 0 Å². The van der Waals surface area contributed by atoms with Crippen LogP contribution in [0.15, 0.2) is 24.3 Å². The van der Waals surface area contributed by atoms with E-state index in [0.29, 0.717) is 13.0 Å². The van der Waals surface area contributed by atoms with Crippen molar-refractivity contribution in [2.24, 2.45) is 0 Å². The fourth-order valence-electron chi connectivity index (χ4n) is 2.31. The van der Waals surface area contributed by atoms with E-state index in [1.165, 1.54) is 5.56 Å². The van der Waals surface area contributed by atoms with E-state index in [1.54, 1.807) is 6.92 Å². The molecule has 2 rings (SSSR count). The molecule has 17 heavy (non-hydrogen) atoms. The number of rotatable bonds is 4. The summed E-state index contributed by atoms with van der Waals surface area (Å²) in [7, 11) is 0. The standard InChI is InChI=1S/C14H18O3/c1-14(16,7-8-15)10-13-12-5-3-2-4-11(12)6-9-17-13/h2-5,8,13,16H,6-7,9-10H2,1H3. The molecule has 1 aliphatic rings. The van der Waals surface area contributed by atoms with Gasteiger partial charge in [-0.25, -0.2) is 0 Å². The summed E-state index contributed by atoms with van der Waals surface area (Å²) in [6, 6.07) is 8.13. The van der Waals surface area contributed by atoms with Gasteiger partial charge in [0.2, 0.25) is 0 Å². The van der Waals surface area contributed by atoms with Crippen molar-refractivity contribution in [3.63, 3.8) is 0 Å². The molecule has 0 bridgehead atoms. The molecule has 0 amide bonds. The summed E-state index contributed by atoms with van der Waals surface area (Å²) >= 11 is 0. The topological polar surface area (TPSA) is 46.5 Å². The molecule has 3 nitrogen and oxygen atoms in total. The molecule has 2 unspecified atom stereocenters. The second-order valence-electron chi connectivity index (χ2n) is 4.88. The Hall–Kier alpha value is -1.19. The van der Waals surface area contributed by atoms with Crippen molar-refractivity contribution >= 4 is 6.29 Å². The summed E-state index contributed by atoms with van der Waals surface area (Å²) in [4.78, 5) is 10.5. The van der Waals surface area contributed by atoms with Crippen molar-refractivity contribution in [1.29, 1.82) is 0 Å². The van der Waals surface area contributed by atoms with E-state index in [4.69, 9.17) is 4.74 Å². The maximum Gasteiger partial charge on any atom is 0.122 e. The molecule has 1 aliphatic heterocycles. The zero-order valence-electron chi connectivity index (χ0n) is 10.1. The highest BCUT2D eigenvalue weighted by molar-refractivity contribution is 5.51. The molecular weight excluding hydrogens is 216 g/mol. The van der Waals surface area contributed by atoms with E-state index in [9.17, 15) is 9.90 Å². The van der Waals surface area contributed by atoms with Gasteiger partial charge in [0.05, 0.1) is 18.3 Å².